The minimum atomic E-state index is -6.61. The molecule has 2 rings (SSSR count). The number of hydrogen-bond donors (Lipinski definition) is 1. The number of carbonyl (C=O) groups is 1. The zero-order chi connectivity index (χ0) is 25.9. The molecule has 5 nitrogen and oxygen atoms in total. The molecule has 0 saturated heterocycles. The maximum Gasteiger partial charge on any atom is 0.459 e. The molecule has 0 aliphatic carbocycles. The van der Waals surface area contributed by atoms with E-state index in [0.717, 1.165) is 24.3 Å². The van der Waals surface area contributed by atoms with E-state index >= 15 is 0 Å². The summed E-state index contributed by atoms with van der Waals surface area (Å²) in [6.45, 7) is -4.23. The van der Waals surface area contributed by atoms with Crippen LogP contribution in [0.1, 0.15) is 0 Å². The summed E-state index contributed by atoms with van der Waals surface area (Å²) in [6.07, 6.45) is -8.80. The van der Waals surface area contributed by atoms with Crippen LogP contribution in [0.2, 0.25) is 5.02 Å². The molecule has 0 saturated carbocycles. The Morgan fingerprint density at radius 3 is 2.03 bits per heavy atom. The topological polar surface area (TPSA) is 59.0 Å². The summed E-state index contributed by atoms with van der Waals surface area (Å²) in [5.41, 5.74) is 0. The molecule has 0 heterocycles. The van der Waals surface area contributed by atoms with Crippen LogP contribution in [0.4, 0.5) is 44.3 Å². The second kappa shape index (κ2) is 10.1. The lowest BCUT2D eigenvalue weighted by Crippen LogP contribution is -2.57. The molecule has 0 unspecified atom stereocenters. The summed E-state index contributed by atoms with van der Waals surface area (Å²) >= 11 is 5.93. The smallest absolute Gasteiger partial charge is 0.459 e. The maximum absolute atomic E-state index is 13.5. The summed E-state index contributed by atoms with van der Waals surface area (Å²) in [4.78, 5) is 10.7. The molecule has 0 bridgehead atoms. The van der Waals surface area contributed by atoms with E-state index in [4.69, 9.17) is 26.2 Å². The van der Waals surface area contributed by atoms with Crippen LogP contribution >= 0.6 is 11.6 Å². The largest absolute Gasteiger partial charge is 0.490 e. The Bertz CT molecular complexity index is 1010. The minimum absolute atomic E-state index is 0.0106. The Hall–Kier alpha value is -3.03. The first-order valence-electron chi connectivity index (χ1n) is 8.90. The molecule has 0 spiro atoms. The van der Waals surface area contributed by atoms with Crippen LogP contribution in [0.15, 0.2) is 36.4 Å². The Kier molecular flexibility index (Phi) is 8.06. The second-order valence-electron chi connectivity index (χ2n) is 6.63. The summed E-state index contributed by atoms with van der Waals surface area (Å²) in [5, 5.41) is 8.70. The molecule has 0 aromatic heterocycles. The number of amides is 1. The van der Waals surface area contributed by atoms with Crippen LogP contribution in [0.3, 0.4) is 0 Å². The van der Waals surface area contributed by atoms with E-state index in [2.05, 4.69) is 0 Å². The fraction of sp³-hybridized carbons (Fsp3) is 0.316. The second-order valence-corrected chi connectivity index (χ2v) is 7.04. The van der Waals surface area contributed by atoms with Gasteiger partial charge in [-0.15, -0.1) is 0 Å². The van der Waals surface area contributed by atoms with Crippen molar-refractivity contribution in [3.8, 4) is 17.2 Å². The van der Waals surface area contributed by atoms with Gasteiger partial charge in [-0.3, -0.25) is 4.90 Å². The number of benzene rings is 2. The van der Waals surface area contributed by atoms with Gasteiger partial charge >= 0.3 is 24.1 Å². The van der Waals surface area contributed by atoms with Crippen LogP contribution in [0.25, 0.3) is 0 Å². The van der Waals surface area contributed by atoms with Crippen molar-refractivity contribution >= 4 is 17.7 Å². The van der Waals surface area contributed by atoms with Crippen LogP contribution < -0.4 is 9.47 Å². The molecule has 15 heteroatoms. The minimum Gasteiger partial charge on any atom is -0.490 e. The third-order valence-corrected chi connectivity index (χ3v) is 4.36. The van der Waals surface area contributed by atoms with Gasteiger partial charge in [0, 0.05) is 24.3 Å². The van der Waals surface area contributed by atoms with Gasteiger partial charge in [-0.2, -0.15) is 30.7 Å². The predicted molar refractivity (Wildman–Crippen MR) is 98.9 cm³/mol. The average molecular weight is 526 g/mol. The van der Waals surface area contributed by atoms with E-state index in [1.54, 1.807) is 0 Å². The first kappa shape index (κ1) is 27.2. The molecule has 1 amide bonds. The Morgan fingerprint density at radius 1 is 0.941 bits per heavy atom. The lowest BCUT2D eigenvalue weighted by Gasteiger charge is -2.31. The number of ether oxygens (including phenoxy) is 2. The van der Waals surface area contributed by atoms with Gasteiger partial charge in [-0.25, -0.2) is 13.6 Å². The Labute approximate surface area is 190 Å². The van der Waals surface area contributed by atoms with E-state index in [1.807, 2.05) is 0 Å². The SMILES string of the molecule is O=C(O)N(CCOc1ccc(Oc2cc(F)cc(F)c2)cc1Cl)CC(F)(F)C(F)(F)C(F)(F)F. The normalized spacial score (nSPS) is 12.4. The van der Waals surface area contributed by atoms with Crippen molar-refractivity contribution in [1.82, 2.24) is 4.90 Å². The molecule has 0 atom stereocenters. The summed E-state index contributed by atoms with van der Waals surface area (Å²) in [6, 6.07) is 5.83. The standard InChI is InChI=1S/C19H13ClF9NO4/c20-14-8-12(34-13-6-10(21)5-11(22)7-13)1-2-15(14)33-4-3-30(16(31)32)9-17(23,24)18(25,26)19(27,28)29/h1-2,5-8H,3-4,9H2,(H,31,32). The number of carboxylic acid groups (broad SMARTS) is 1. The average Bonchev–Trinajstić information content (AvgIpc) is 2.66. The lowest BCUT2D eigenvalue weighted by atomic mass is 10.1. The van der Waals surface area contributed by atoms with E-state index in [1.165, 1.54) is 6.07 Å². The zero-order valence-electron chi connectivity index (χ0n) is 16.5. The van der Waals surface area contributed by atoms with Crippen molar-refractivity contribution < 1.29 is 58.9 Å². The van der Waals surface area contributed by atoms with Crippen LogP contribution in [-0.2, 0) is 0 Å². The fourth-order valence-electron chi connectivity index (χ4n) is 2.44. The molecule has 0 fully saturated rings. The van der Waals surface area contributed by atoms with E-state index in [9.17, 15) is 44.3 Å². The maximum atomic E-state index is 13.5. The van der Waals surface area contributed by atoms with E-state index in [0.29, 0.717) is 6.07 Å². The molecule has 0 aliphatic heterocycles. The van der Waals surface area contributed by atoms with E-state index in [-0.39, 0.29) is 27.2 Å². The zero-order valence-corrected chi connectivity index (χ0v) is 17.2. The molecule has 0 aliphatic rings. The van der Waals surface area contributed by atoms with Crippen molar-refractivity contribution in [1.29, 1.82) is 0 Å². The highest BCUT2D eigenvalue weighted by Crippen LogP contribution is 2.46. The first-order chi connectivity index (χ1) is 15.5. The number of nitrogens with zero attached hydrogens (tertiary/aromatic N) is 1. The predicted octanol–water partition coefficient (Wildman–Crippen LogP) is 6.60. The molecular formula is C19H13ClF9NO4. The molecule has 34 heavy (non-hydrogen) atoms. The Balaban J connectivity index is 2.03. The van der Waals surface area contributed by atoms with Gasteiger partial charge in [-0.1, -0.05) is 11.6 Å². The third-order valence-electron chi connectivity index (χ3n) is 4.07. The highest BCUT2D eigenvalue weighted by atomic mass is 35.5. The number of hydrogen-bond acceptors (Lipinski definition) is 3. The van der Waals surface area contributed by atoms with E-state index < -0.39 is 55.4 Å². The van der Waals surface area contributed by atoms with Crippen LogP contribution in [0, 0.1) is 11.6 Å². The van der Waals surface area contributed by atoms with Gasteiger partial charge in [0.2, 0.25) is 0 Å². The van der Waals surface area contributed by atoms with Gasteiger partial charge in [0.1, 0.15) is 35.5 Å². The van der Waals surface area contributed by atoms with Crippen LogP contribution in [-0.4, -0.2) is 53.8 Å². The molecule has 188 valence electrons. The molecule has 2 aromatic carbocycles. The highest BCUT2D eigenvalue weighted by Gasteiger charge is 2.73. The first-order valence-corrected chi connectivity index (χ1v) is 9.28. The van der Waals surface area contributed by atoms with Crippen molar-refractivity contribution in [2.24, 2.45) is 0 Å². The van der Waals surface area contributed by atoms with Crippen molar-refractivity contribution in [2.75, 3.05) is 19.7 Å². The van der Waals surface area contributed by atoms with Crippen molar-refractivity contribution in [3.05, 3.63) is 53.1 Å². The van der Waals surface area contributed by atoms with Crippen LogP contribution in [0.5, 0.6) is 17.2 Å². The number of alkyl halides is 7. The van der Waals surface area contributed by atoms with Crippen molar-refractivity contribution in [3.63, 3.8) is 0 Å². The quantitative estimate of drug-likeness (QED) is 0.375. The summed E-state index contributed by atoms with van der Waals surface area (Å²) < 4.78 is 126. The monoisotopic (exact) mass is 525 g/mol. The number of rotatable bonds is 9. The third kappa shape index (κ3) is 6.52. The number of halogens is 10. The summed E-state index contributed by atoms with van der Waals surface area (Å²) in [7, 11) is 0. The molecule has 0 radical (unpaired) electrons. The van der Waals surface area contributed by atoms with Crippen molar-refractivity contribution in [2.45, 2.75) is 18.0 Å². The lowest BCUT2D eigenvalue weighted by molar-refractivity contribution is -0.355. The van der Waals surface area contributed by atoms with Gasteiger partial charge in [0.25, 0.3) is 0 Å². The molecule has 2 aromatic rings. The summed E-state index contributed by atoms with van der Waals surface area (Å²) in [5.74, 6) is -14.4. The van der Waals surface area contributed by atoms with Gasteiger partial charge in [0.15, 0.2) is 0 Å². The fourth-order valence-corrected chi connectivity index (χ4v) is 2.67. The molecule has 1 N–H and O–H groups in total. The molecular weight excluding hydrogens is 513 g/mol. The van der Waals surface area contributed by atoms with Gasteiger partial charge in [-0.05, 0) is 12.1 Å². The van der Waals surface area contributed by atoms with Gasteiger partial charge < -0.3 is 14.6 Å². The van der Waals surface area contributed by atoms with Gasteiger partial charge in [0.05, 0.1) is 18.1 Å². The Morgan fingerprint density at radius 2 is 1.53 bits per heavy atom. The highest BCUT2D eigenvalue weighted by molar-refractivity contribution is 6.32.